The molecule has 0 aliphatic rings. The first-order valence-electron chi connectivity index (χ1n) is 7.29. The first kappa shape index (κ1) is 14.9. The van der Waals surface area contributed by atoms with Gasteiger partial charge in [-0.15, -0.1) is 6.42 Å². The molecule has 0 aliphatic carbocycles. The average molecular weight is 302 g/mol. The van der Waals surface area contributed by atoms with Gasteiger partial charge < -0.3 is 4.74 Å². The fraction of sp³-hybridized carbons (Fsp3) is 0.0476. The SMILES string of the molecule is C#Cc1ccc(-c2cccc(OCc3ccccc3)c2)cc1F. The van der Waals surface area contributed by atoms with E-state index in [9.17, 15) is 4.39 Å². The normalized spacial score (nSPS) is 10.1. The molecule has 0 amide bonds. The van der Waals surface area contributed by atoms with Gasteiger partial charge >= 0.3 is 0 Å². The van der Waals surface area contributed by atoms with Crippen molar-refractivity contribution in [1.82, 2.24) is 0 Å². The van der Waals surface area contributed by atoms with Gasteiger partial charge in [0.05, 0.1) is 5.56 Å². The highest BCUT2D eigenvalue weighted by molar-refractivity contribution is 5.66. The van der Waals surface area contributed by atoms with Crippen molar-refractivity contribution in [3.05, 3.63) is 89.7 Å². The van der Waals surface area contributed by atoms with Crippen molar-refractivity contribution in [3.63, 3.8) is 0 Å². The lowest BCUT2D eigenvalue weighted by Crippen LogP contribution is -1.95. The van der Waals surface area contributed by atoms with Crippen LogP contribution in [0.4, 0.5) is 4.39 Å². The van der Waals surface area contributed by atoms with Gasteiger partial charge in [-0.05, 0) is 41.0 Å². The molecule has 0 aliphatic heterocycles. The predicted octanol–water partition coefficient (Wildman–Crippen LogP) is 5.05. The van der Waals surface area contributed by atoms with Gasteiger partial charge in [-0.2, -0.15) is 0 Å². The van der Waals surface area contributed by atoms with Crippen molar-refractivity contribution in [3.8, 4) is 29.2 Å². The lowest BCUT2D eigenvalue weighted by atomic mass is 10.0. The van der Waals surface area contributed by atoms with Crippen molar-refractivity contribution < 1.29 is 9.13 Å². The van der Waals surface area contributed by atoms with E-state index in [1.54, 1.807) is 6.07 Å². The number of terminal acetylenes is 1. The second-order valence-corrected chi connectivity index (χ2v) is 5.14. The van der Waals surface area contributed by atoms with Crippen molar-refractivity contribution in [2.75, 3.05) is 0 Å². The smallest absolute Gasteiger partial charge is 0.139 e. The molecule has 23 heavy (non-hydrogen) atoms. The molecule has 0 unspecified atom stereocenters. The molecule has 3 rings (SSSR count). The number of halogens is 1. The third-order valence-corrected chi connectivity index (χ3v) is 3.54. The maximum absolute atomic E-state index is 13.8. The van der Waals surface area contributed by atoms with Crippen LogP contribution in [0.25, 0.3) is 11.1 Å². The van der Waals surface area contributed by atoms with Crippen LogP contribution in [0.2, 0.25) is 0 Å². The maximum Gasteiger partial charge on any atom is 0.139 e. The van der Waals surface area contributed by atoms with Crippen LogP contribution in [0.1, 0.15) is 11.1 Å². The Labute approximate surface area is 135 Å². The third-order valence-electron chi connectivity index (χ3n) is 3.54. The summed E-state index contributed by atoms with van der Waals surface area (Å²) in [7, 11) is 0. The number of rotatable bonds is 4. The highest BCUT2D eigenvalue weighted by atomic mass is 19.1. The maximum atomic E-state index is 13.8. The Morgan fingerprint density at radius 3 is 2.39 bits per heavy atom. The lowest BCUT2D eigenvalue weighted by Gasteiger charge is -2.09. The molecule has 2 heteroatoms. The van der Waals surface area contributed by atoms with Crippen LogP contribution < -0.4 is 4.74 Å². The molecular weight excluding hydrogens is 287 g/mol. The monoisotopic (exact) mass is 302 g/mol. The zero-order valence-electron chi connectivity index (χ0n) is 12.5. The van der Waals surface area contributed by atoms with E-state index in [4.69, 9.17) is 11.2 Å². The summed E-state index contributed by atoms with van der Waals surface area (Å²) in [5.41, 5.74) is 3.03. The van der Waals surface area contributed by atoms with Crippen molar-refractivity contribution in [1.29, 1.82) is 0 Å². The van der Waals surface area contributed by atoms with E-state index in [1.807, 2.05) is 60.7 Å². The molecule has 0 bridgehead atoms. The van der Waals surface area contributed by atoms with Crippen LogP contribution in [0.5, 0.6) is 5.75 Å². The number of hydrogen-bond acceptors (Lipinski definition) is 1. The predicted molar refractivity (Wildman–Crippen MR) is 90.5 cm³/mol. The minimum absolute atomic E-state index is 0.269. The molecule has 112 valence electrons. The summed E-state index contributed by atoms with van der Waals surface area (Å²) in [5, 5.41) is 0. The molecule has 0 fully saturated rings. The Morgan fingerprint density at radius 1 is 0.870 bits per heavy atom. The molecule has 3 aromatic carbocycles. The quantitative estimate of drug-likeness (QED) is 0.613. The minimum atomic E-state index is -0.388. The summed E-state index contributed by atoms with van der Waals surface area (Å²) in [4.78, 5) is 0. The van der Waals surface area contributed by atoms with E-state index in [2.05, 4.69) is 5.92 Å². The van der Waals surface area contributed by atoms with E-state index < -0.39 is 0 Å². The van der Waals surface area contributed by atoms with E-state index in [0.717, 1.165) is 22.4 Å². The summed E-state index contributed by atoms with van der Waals surface area (Å²) in [5.74, 6) is 2.68. The zero-order chi connectivity index (χ0) is 16.1. The first-order valence-corrected chi connectivity index (χ1v) is 7.29. The molecule has 0 spiro atoms. The molecule has 0 atom stereocenters. The molecule has 0 radical (unpaired) electrons. The number of benzene rings is 3. The second kappa shape index (κ2) is 6.81. The zero-order valence-corrected chi connectivity index (χ0v) is 12.5. The molecule has 3 aromatic rings. The second-order valence-electron chi connectivity index (χ2n) is 5.14. The summed E-state index contributed by atoms with van der Waals surface area (Å²) in [6.07, 6.45) is 5.25. The van der Waals surface area contributed by atoms with Crippen LogP contribution in [0, 0.1) is 18.2 Å². The largest absolute Gasteiger partial charge is 0.489 e. The lowest BCUT2D eigenvalue weighted by molar-refractivity contribution is 0.306. The van der Waals surface area contributed by atoms with Crippen LogP contribution in [-0.2, 0) is 6.61 Å². The van der Waals surface area contributed by atoms with Crippen LogP contribution in [-0.4, -0.2) is 0 Å². The fourth-order valence-electron chi connectivity index (χ4n) is 2.32. The van der Waals surface area contributed by atoms with E-state index >= 15 is 0 Å². The molecule has 0 saturated heterocycles. The van der Waals surface area contributed by atoms with Crippen LogP contribution in [0.3, 0.4) is 0 Å². The highest BCUT2D eigenvalue weighted by Gasteiger charge is 2.05. The Hall–Kier alpha value is -3.05. The molecule has 0 heterocycles. The van der Waals surface area contributed by atoms with Gasteiger partial charge in [0.15, 0.2) is 0 Å². The molecule has 0 aromatic heterocycles. The number of ether oxygens (including phenoxy) is 1. The van der Waals surface area contributed by atoms with Gasteiger partial charge in [0.1, 0.15) is 18.2 Å². The molecule has 0 N–H and O–H groups in total. The highest BCUT2D eigenvalue weighted by Crippen LogP contribution is 2.26. The van der Waals surface area contributed by atoms with E-state index in [0.29, 0.717) is 6.61 Å². The summed E-state index contributed by atoms with van der Waals surface area (Å²) < 4.78 is 19.6. The van der Waals surface area contributed by atoms with Crippen LogP contribution >= 0.6 is 0 Å². The van der Waals surface area contributed by atoms with Crippen molar-refractivity contribution >= 4 is 0 Å². The Morgan fingerprint density at radius 2 is 1.65 bits per heavy atom. The van der Waals surface area contributed by atoms with Gasteiger partial charge in [-0.25, -0.2) is 4.39 Å². The summed E-state index contributed by atoms with van der Waals surface area (Å²) >= 11 is 0. The van der Waals surface area contributed by atoms with E-state index in [-0.39, 0.29) is 11.4 Å². The van der Waals surface area contributed by atoms with Gasteiger partial charge in [-0.3, -0.25) is 0 Å². The third kappa shape index (κ3) is 3.59. The Balaban J connectivity index is 1.80. The molecule has 1 nitrogen and oxygen atoms in total. The summed E-state index contributed by atoms with van der Waals surface area (Å²) in [6, 6.07) is 22.4. The topological polar surface area (TPSA) is 9.23 Å². The van der Waals surface area contributed by atoms with Gasteiger partial charge in [0.25, 0.3) is 0 Å². The van der Waals surface area contributed by atoms with Crippen molar-refractivity contribution in [2.24, 2.45) is 0 Å². The summed E-state index contributed by atoms with van der Waals surface area (Å²) in [6.45, 7) is 0.495. The van der Waals surface area contributed by atoms with Gasteiger partial charge in [-0.1, -0.05) is 54.5 Å². The van der Waals surface area contributed by atoms with Gasteiger partial charge in [0, 0.05) is 0 Å². The van der Waals surface area contributed by atoms with Gasteiger partial charge in [0.2, 0.25) is 0 Å². The Kier molecular flexibility index (Phi) is 4.40. The van der Waals surface area contributed by atoms with Crippen LogP contribution in [0.15, 0.2) is 72.8 Å². The van der Waals surface area contributed by atoms with E-state index in [1.165, 1.54) is 6.07 Å². The first-order chi connectivity index (χ1) is 11.3. The molecule has 0 saturated carbocycles. The average Bonchev–Trinajstić information content (AvgIpc) is 2.61. The molecular formula is C21H15FO. The minimum Gasteiger partial charge on any atom is -0.489 e. The Bertz CT molecular complexity index is 847. The standard InChI is InChI=1S/C21H15FO/c1-2-17-11-12-19(14-21(17)22)18-9-6-10-20(13-18)23-15-16-7-4-3-5-8-16/h1,3-14H,15H2. The van der Waals surface area contributed by atoms with Crippen molar-refractivity contribution in [2.45, 2.75) is 6.61 Å². The fourth-order valence-corrected chi connectivity index (χ4v) is 2.32. The number of hydrogen-bond donors (Lipinski definition) is 0.